The first-order chi connectivity index (χ1) is 12.1. The van der Waals surface area contributed by atoms with Crippen LogP contribution in [-0.4, -0.2) is 14.5 Å². The van der Waals surface area contributed by atoms with E-state index in [1.54, 1.807) is 11.8 Å². The van der Waals surface area contributed by atoms with Crippen LogP contribution in [0.1, 0.15) is 42.6 Å². The number of nitrogens with zero attached hydrogens (tertiary/aromatic N) is 3. The van der Waals surface area contributed by atoms with Gasteiger partial charge < -0.3 is 8.98 Å². The topological polar surface area (TPSA) is 43.9 Å². The lowest BCUT2D eigenvalue weighted by Gasteiger charge is -2.08. The average molecular weight is 356 g/mol. The van der Waals surface area contributed by atoms with Crippen molar-refractivity contribution in [1.82, 2.24) is 14.5 Å². The molecule has 0 spiro atoms. The van der Waals surface area contributed by atoms with Crippen LogP contribution in [0.3, 0.4) is 0 Å². The van der Waals surface area contributed by atoms with Crippen LogP contribution >= 0.6 is 11.8 Å². The fourth-order valence-electron chi connectivity index (χ4n) is 2.71. The van der Waals surface area contributed by atoms with Gasteiger partial charge in [-0.3, -0.25) is 0 Å². The number of hydrogen-bond acceptors (Lipinski definition) is 4. The summed E-state index contributed by atoms with van der Waals surface area (Å²) in [5.74, 6) is 2.34. The van der Waals surface area contributed by atoms with E-state index in [4.69, 9.17) is 14.4 Å². The molecule has 0 aliphatic carbocycles. The minimum atomic E-state index is 0.690. The second-order valence-electron chi connectivity index (χ2n) is 6.25. The maximum Gasteiger partial charge on any atom is 0.226 e. The van der Waals surface area contributed by atoms with Crippen LogP contribution in [0.5, 0.6) is 0 Å². The van der Waals surface area contributed by atoms with Crippen LogP contribution in [0.15, 0.2) is 39.9 Å². The van der Waals surface area contributed by atoms with Gasteiger partial charge in [0.05, 0.1) is 11.4 Å². The van der Waals surface area contributed by atoms with Crippen molar-refractivity contribution in [2.75, 3.05) is 0 Å². The Labute approximate surface area is 153 Å². The number of thioether (sulfide) groups is 1. The van der Waals surface area contributed by atoms with E-state index in [9.17, 15) is 0 Å². The first-order valence-electron chi connectivity index (χ1n) is 8.78. The maximum atomic E-state index is 5.86. The molecule has 3 aromatic rings. The van der Waals surface area contributed by atoms with Crippen LogP contribution in [-0.2, 0) is 12.3 Å². The minimum Gasteiger partial charge on any atom is -0.441 e. The molecule has 1 aromatic carbocycles. The van der Waals surface area contributed by atoms with Gasteiger partial charge in [0.25, 0.3) is 0 Å². The number of imidazole rings is 1. The molecule has 0 saturated heterocycles. The molecular weight excluding hydrogens is 330 g/mol. The Balaban J connectivity index is 1.76. The molecule has 4 nitrogen and oxygen atoms in total. The zero-order valence-electron chi connectivity index (χ0n) is 15.4. The Kier molecular flexibility index (Phi) is 5.63. The molecule has 0 atom stereocenters. The predicted octanol–water partition coefficient (Wildman–Crippen LogP) is 5.56. The third-order valence-corrected chi connectivity index (χ3v) is 5.40. The van der Waals surface area contributed by atoms with E-state index < -0.39 is 0 Å². The van der Waals surface area contributed by atoms with Crippen molar-refractivity contribution in [3.05, 3.63) is 53.2 Å². The van der Waals surface area contributed by atoms with Gasteiger partial charge in [-0.1, -0.05) is 43.3 Å². The lowest BCUT2D eigenvalue weighted by atomic mass is 10.2. The largest absolute Gasteiger partial charge is 0.441 e. The van der Waals surface area contributed by atoms with E-state index in [2.05, 4.69) is 25.3 Å². The summed E-state index contributed by atoms with van der Waals surface area (Å²) in [7, 11) is 0. The van der Waals surface area contributed by atoms with Crippen molar-refractivity contribution >= 4 is 11.8 Å². The fraction of sp³-hybridized carbons (Fsp3) is 0.400. The fourth-order valence-corrected chi connectivity index (χ4v) is 3.83. The number of unbranched alkanes of at least 4 members (excludes halogenated alkanes) is 1. The molecule has 5 heteroatoms. The lowest BCUT2D eigenvalue weighted by molar-refractivity contribution is 0.540. The van der Waals surface area contributed by atoms with E-state index in [-0.39, 0.29) is 0 Å². The Morgan fingerprint density at radius 3 is 2.56 bits per heavy atom. The van der Waals surface area contributed by atoms with Crippen molar-refractivity contribution in [3.63, 3.8) is 0 Å². The molecule has 132 valence electrons. The van der Waals surface area contributed by atoms with Gasteiger partial charge in [0.15, 0.2) is 5.16 Å². The summed E-state index contributed by atoms with van der Waals surface area (Å²) in [6.07, 6.45) is 2.36. The highest BCUT2D eigenvalue weighted by atomic mass is 32.2. The summed E-state index contributed by atoms with van der Waals surface area (Å²) in [5.41, 5.74) is 4.38. The third-order valence-electron chi connectivity index (χ3n) is 4.41. The van der Waals surface area contributed by atoms with Gasteiger partial charge >= 0.3 is 0 Å². The average Bonchev–Trinajstić information content (AvgIpc) is 3.12. The molecule has 0 fully saturated rings. The van der Waals surface area contributed by atoms with Crippen molar-refractivity contribution in [2.24, 2.45) is 0 Å². The maximum absolute atomic E-state index is 5.86. The van der Waals surface area contributed by atoms with Gasteiger partial charge in [0.1, 0.15) is 5.76 Å². The third kappa shape index (κ3) is 3.98. The highest BCUT2D eigenvalue weighted by molar-refractivity contribution is 7.98. The van der Waals surface area contributed by atoms with Gasteiger partial charge in [0, 0.05) is 23.6 Å². The second-order valence-corrected chi connectivity index (χ2v) is 7.19. The van der Waals surface area contributed by atoms with Crippen molar-refractivity contribution in [2.45, 2.75) is 58.0 Å². The summed E-state index contributed by atoms with van der Waals surface area (Å²) >= 11 is 1.74. The molecule has 0 bridgehead atoms. The van der Waals surface area contributed by atoms with E-state index in [1.807, 2.05) is 37.3 Å². The van der Waals surface area contributed by atoms with E-state index in [1.165, 1.54) is 18.5 Å². The molecular formula is C20H25N3OS. The number of rotatable bonds is 7. The Hall–Kier alpha value is -2.01. The van der Waals surface area contributed by atoms with Crippen molar-refractivity contribution < 1.29 is 4.42 Å². The zero-order valence-corrected chi connectivity index (χ0v) is 16.2. The molecule has 0 saturated carbocycles. The number of benzene rings is 1. The number of aromatic nitrogens is 3. The van der Waals surface area contributed by atoms with Crippen molar-refractivity contribution in [1.29, 1.82) is 0 Å². The van der Waals surface area contributed by atoms with Crippen LogP contribution < -0.4 is 0 Å². The van der Waals surface area contributed by atoms with Gasteiger partial charge in [-0.25, -0.2) is 9.97 Å². The van der Waals surface area contributed by atoms with E-state index in [0.717, 1.165) is 40.2 Å². The minimum absolute atomic E-state index is 0.690. The summed E-state index contributed by atoms with van der Waals surface area (Å²) in [6, 6.07) is 10.0. The zero-order chi connectivity index (χ0) is 17.8. The summed E-state index contributed by atoms with van der Waals surface area (Å²) in [5, 5.41) is 1.08. The normalized spacial score (nSPS) is 11.2. The van der Waals surface area contributed by atoms with Crippen LogP contribution in [0, 0.1) is 20.8 Å². The van der Waals surface area contributed by atoms with Crippen LogP contribution in [0.4, 0.5) is 0 Å². The first kappa shape index (κ1) is 17.8. The van der Waals surface area contributed by atoms with E-state index >= 15 is 0 Å². The molecule has 25 heavy (non-hydrogen) atoms. The van der Waals surface area contributed by atoms with Gasteiger partial charge in [0.2, 0.25) is 5.89 Å². The van der Waals surface area contributed by atoms with E-state index in [0.29, 0.717) is 5.89 Å². The molecule has 0 aliphatic heterocycles. The predicted molar refractivity (Wildman–Crippen MR) is 103 cm³/mol. The highest BCUT2D eigenvalue weighted by Crippen LogP contribution is 2.28. The molecule has 0 radical (unpaired) electrons. The standard InChI is InChI=1S/C20H25N3OS/c1-5-6-12-23-15(3)14(2)21-20(23)25-13-18-16(4)24-19(22-18)17-10-8-7-9-11-17/h7-11H,5-6,12-13H2,1-4H3. The Morgan fingerprint density at radius 2 is 1.84 bits per heavy atom. The van der Waals surface area contributed by atoms with Crippen LogP contribution in [0.25, 0.3) is 11.5 Å². The SMILES string of the molecule is CCCCn1c(SCc2nc(-c3ccccc3)oc2C)nc(C)c1C. The first-order valence-corrected chi connectivity index (χ1v) is 9.77. The molecule has 3 rings (SSSR count). The molecule has 2 aromatic heterocycles. The Bertz CT molecular complexity index is 836. The van der Waals surface area contributed by atoms with Crippen LogP contribution in [0.2, 0.25) is 0 Å². The summed E-state index contributed by atoms with van der Waals surface area (Å²) in [6.45, 7) is 9.46. The molecule has 2 heterocycles. The highest BCUT2D eigenvalue weighted by Gasteiger charge is 2.15. The summed E-state index contributed by atoms with van der Waals surface area (Å²) in [4.78, 5) is 9.43. The monoisotopic (exact) mass is 355 g/mol. The smallest absolute Gasteiger partial charge is 0.226 e. The Morgan fingerprint density at radius 1 is 1.08 bits per heavy atom. The molecule has 0 N–H and O–H groups in total. The van der Waals surface area contributed by atoms with Gasteiger partial charge in [-0.2, -0.15) is 0 Å². The molecule has 0 unspecified atom stereocenters. The van der Waals surface area contributed by atoms with Gasteiger partial charge in [-0.05, 0) is 39.3 Å². The second kappa shape index (κ2) is 7.91. The molecule has 0 aliphatic rings. The lowest BCUT2D eigenvalue weighted by Crippen LogP contribution is -2.02. The quantitative estimate of drug-likeness (QED) is 0.521. The number of hydrogen-bond donors (Lipinski definition) is 0. The van der Waals surface area contributed by atoms with Gasteiger partial charge in [-0.15, -0.1) is 0 Å². The number of aryl methyl sites for hydroxylation is 2. The molecule has 0 amide bonds. The van der Waals surface area contributed by atoms with Crippen molar-refractivity contribution in [3.8, 4) is 11.5 Å². The summed E-state index contributed by atoms with van der Waals surface area (Å²) < 4.78 is 8.19. The number of oxazole rings is 1.